The normalized spacial score (nSPS) is 23.1. The van der Waals surface area contributed by atoms with Crippen LogP contribution in [-0.4, -0.2) is 47.6 Å². The summed E-state index contributed by atoms with van der Waals surface area (Å²) in [5.74, 6) is 0.0644. The maximum absolute atomic E-state index is 5.48. The molecule has 116 valence electrons. The number of piperazine rings is 1. The first-order chi connectivity index (χ1) is 9.92. The number of likely N-dealkylation sites (N-methyl/N-ethyl adjacent to an activating group) is 1. The number of rotatable bonds is 3. The zero-order valence-corrected chi connectivity index (χ0v) is 13.4. The molecule has 4 N–H and O–H groups in total. The highest BCUT2D eigenvalue weighted by Gasteiger charge is 2.28. The van der Waals surface area contributed by atoms with E-state index in [9.17, 15) is 0 Å². The molecular weight excluding hydrogens is 264 g/mol. The molecule has 1 aliphatic heterocycles. The van der Waals surface area contributed by atoms with Crippen LogP contribution in [0.5, 0.6) is 0 Å². The van der Waals surface area contributed by atoms with Crippen LogP contribution >= 0.6 is 0 Å². The maximum Gasteiger partial charge on any atom is 0.191 e. The fourth-order valence-corrected chi connectivity index (χ4v) is 3.13. The van der Waals surface area contributed by atoms with E-state index >= 15 is 0 Å². The van der Waals surface area contributed by atoms with Crippen molar-refractivity contribution in [3.8, 4) is 0 Å². The molecule has 0 bridgehead atoms. The van der Waals surface area contributed by atoms with E-state index in [1.807, 2.05) is 19.2 Å². The predicted molar refractivity (Wildman–Crippen MR) is 88.0 cm³/mol. The zero-order chi connectivity index (χ0) is 15.6. The summed E-state index contributed by atoms with van der Waals surface area (Å²) < 4.78 is 0. The number of guanidine groups is 1. The summed E-state index contributed by atoms with van der Waals surface area (Å²) >= 11 is 0. The molecule has 0 saturated carbocycles. The minimum atomic E-state index is 0.0644. The SMILES string of the molecule is CCN1C(C)CN(c2cnc(C)c(N=C(N)N)c2)CC1C. The van der Waals surface area contributed by atoms with Gasteiger partial charge in [0.2, 0.25) is 0 Å². The van der Waals surface area contributed by atoms with Crippen molar-refractivity contribution >= 4 is 17.3 Å². The van der Waals surface area contributed by atoms with E-state index < -0.39 is 0 Å². The number of anilines is 1. The topological polar surface area (TPSA) is 83.8 Å². The van der Waals surface area contributed by atoms with Crippen LogP contribution in [0.25, 0.3) is 0 Å². The van der Waals surface area contributed by atoms with Gasteiger partial charge >= 0.3 is 0 Å². The van der Waals surface area contributed by atoms with Crippen LogP contribution in [-0.2, 0) is 0 Å². The van der Waals surface area contributed by atoms with Crippen LogP contribution < -0.4 is 16.4 Å². The number of aromatic nitrogens is 1. The van der Waals surface area contributed by atoms with Gasteiger partial charge in [0.15, 0.2) is 5.96 Å². The van der Waals surface area contributed by atoms with Crippen LogP contribution in [0.4, 0.5) is 11.4 Å². The largest absolute Gasteiger partial charge is 0.370 e. The molecule has 0 radical (unpaired) electrons. The molecule has 1 aromatic rings. The van der Waals surface area contributed by atoms with Gasteiger partial charge in [0.25, 0.3) is 0 Å². The number of aliphatic imine (C=N–C) groups is 1. The van der Waals surface area contributed by atoms with E-state index in [4.69, 9.17) is 11.5 Å². The number of nitrogens with two attached hydrogens (primary N) is 2. The number of hydrogen-bond acceptors (Lipinski definition) is 4. The van der Waals surface area contributed by atoms with Crippen LogP contribution in [0.2, 0.25) is 0 Å². The van der Waals surface area contributed by atoms with E-state index in [1.54, 1.807) is 0 Å². The number of nitrogens with zero attached hydrogens (tertiary/aromatic N) is 4. The second kappa shape index (κ2) is 6.30. The van der Waals surface area contributed by atoms with E-state index in [0.29, 0.717) is 12.1 Å². The number of aryl methyl sites for hydroxylation is 1. The second-order valence-electron chi connectivity index (χ2n) is 5.77. The minimum absolute atomic E-state index is 0.0644. The molecule has 1 aromatic heterocycles. The van der Waals surface area contributed by atoms with Gasteiger partial charge in [-0.2, -0.15) is 0 Å². The Balaban J connectivity index is 2.25. The Morgan fingerprint density at radius 1 is 1.33 bits per heavy atom. The first-order valence-electron chi connectivity index (χ1n) is 7.49. The van der Waals surface area contributed by atoms with Crippen molar-refractivity contribution in [1.82, 2.24) is 9.88 Å². The van der Waals surface area contributed by atoms with Gasteiger partial charge in [0, 0.05) is 25.2 Å². The third-order valence-electron chi connectivity index (χ3n) is 4.13. The number of pyridine rings is 1. The van der Waals surface area contributed by atoms with E-state index in [-0.39, 0.29) is 5.96 Å². The monoisotopic (exact) mass is 290 g/mol. The average Bonchev–Trinajstić information content (AvgIpc) is 2.40. The Kier molecular flexibility index (Phi) is 4.67. The third kappa shape index (κ3) is 3.44. The summed E-state index contributed by atoms with van der Waals surface area (Å²) in [4.78, 5) is 13.5. The Labute approximate surface area is 126 Å². The number of hydrogen-bond donors (Lipinski definition) is 2. The van der Waals surface area contributed by atoms with Gasteiger partial charge in [-0.25, -0.2) is 4.99 Å². The molecule has 2 unspecified atom stereocenters. The molecule has 21 heavy (non-hydrogen) atoms. The molecule has 0 aliphatic carbocycles. The fraction of sp³-hybridized carbons (Fsp3) is 0.600. The molecule has 0 spiro atoms. The van der Waals surface area contributed by atoms with E-state index in [2.05, 4.69) is 40.5 Å². The van der Waals surface area contributed by atoms with Crippen molar-refractivity contribution in [2.45, 2.75) is 39.8 Å². The second-order valence-corrected chi connectivity index (χ2v) is 5.77. The summed E-state index contributed by atoms with van der Waals surface area (Å²) in [5.41, 5.74) is 13.6. The summed E-state index contributed by atoms with van der Waals surface area (Å²) in [6.45, 7) is 11.7. The lowest BCUT2D eigenvalue weighted by atomic mass is 10.1. The molecule has 6 nitrogen and oxygen atoms in total. The van der Waals surface area contributed by atoms with Gasteiger partial charge in [-0.05, 0) is 33.4 Å². The molecular formula is C15H26N6. The molecule has 2 atom stereocenters. The highest BCUT2D eigenvalue weighted by atomic mass is 15.3. The van der Waals surface area contributed by atoms with Gasteiger partial charge in [0.05, 0.1) is 23.3 Å². The van der Waals surface area contributed by atoms with Crippen molar-refractivity contribution in [3.63, 3.8) is 0 Å². The van der Waals surface area contributed by atoms with Crippen molar-refractivity contribution in [2.24, 2.45) is 16.5 Å². The molecule has 1 fully saturated rings. The van der Waals surface area contributed by atoms with Crippen LogP contribution in [0, 0.1) is 6.92 Å². The highest BCUT2D eigenvalue weighted by Crippen LogP contribution is 2.26. The van der Waals surface area contributed by atoms with Crippen LogP contribution in [0.3, 0.4) is 0 Å². The average molecular weight is 290 g/mol. The summed E-state index contributed by atoms with van der Waals surface area (Å²) in [6, 6.07) is 3.06. The van der Waals surface area contributed by atoms with Gasteiger partial charge in [-0.1, -0.05) is 6.92 Å². The molecule has 1 aliphatic rings. The smallest absolute Gasteiger partial charge is 0.191 e. The van der Waals surface area contributed by atoms with Crippen molar-refractivity contribution in [1.29, 1.82) is 0 Å². The first kappa shape index (κ1) is 15.6. The van der Waals surface area contributed by atoms with Crippen molar-refractivity contribution in [2.75, 3.05) is 24.5 Å². The predicted octanol–water partition coefficient (Wildman–Crippen LogP) is 1.21. The Bertz CT molecular complexity index is 511. The fourth-order valence-electron chi connectivity index (χ4n) is 3.13. The Hall–Kier alpha value is -1.82. The molecule has 2 rings (SSSR count). The summed E-state index contributed by atoms with van der Waals surface area (Å²) in [6.07, 6.45) is 1.90. The van der Waals surface area contributed by atoms with E-state index in [0.717, 1.165) is 36.7 Å². The highest BCUT2D eigenvalue weighted by molar-refractivity contribution is 5.79. The first-order valence-corrected chi connectivity index (χ1v) is 7.49. The molecule has 2 heterocycles. The van der Waals surface area contributed by atoms with Crippen molar-refractivity contribution < 1.29 is 0 Å². The minimum Gasteiger partial charge on any atom is -0.370 e. The zero-order valence-electron chi connectivity index (χ0n) is 13.4. The Morgan fingerprint density at radius 2 is 1.95 bits per heavy atom. The lowest BCUT2D eigenvalue weighted by Crippen LogP contribution is -2.56. The quantitative estimate of drug-likeness (QED) is 0.646. The lowest BCUT2D eigenvalue weighted by molar-refractivity contribution is 0.140. The summed E-state index contributed by atoms with van der Waals surface area (Å²) in [7, 11) is 0. The Morgan fingerprint density at radius 3 is 2.48 bits per heavy atom. The van der Waals surface area contributed by atoms with Crippen molar-refractivity contribution in [3.05, 3.63) is 18.0 Å². The maximum atomic E-state index is 5.48. The molecule has 6 heteroatoms. The van der Waals surface area contributed by atoms with Gasteiger partial charge in [-0.15, -0.1) is 0 Å². The van der Waals surface area contributed by atoms with E-state index in [1.165, 1.54) is 0 Å². The standard InChI is InChI=1S/C15H26N6/c1-5-21-10(2)8-20(9-11(21)3)13-6-14(19-15(16)17)12(4)18-7-13/h6-7,10-11H,5,8-9H2,1-4H3,(H4,16,17,19). The van der Waals surface area contributed by atoms with Crippen LogP contribution in [0.15, 0.2) is 17.3 Å². The van der Waals surface area contributed by atoms with Crippen LogP contribution in [0.1, 0.15) is 26.5 Å². The van der Waals surface area contributed by atoms with Gasteiger partial charge in [-0.3, -0.25) is 9.88 Å². The van der Waals surface area contributed by atoms with Gasteiger partial charge < -0.3 is 16.4 Å². The molecule has 1 saturated heterocycles. The molecule has 0 aromatic carbocycles. The van der Waals surface area contributed by atoms with Gasteiger partial charge in [0.1, 0.15) is 0 Å². The lowest BCUT2D eigenvalue weighted by Gasteiger charge is -2.45. The molecule has 0 amide bonds. The third-order valence-corrected chi connectivity index (χ3v) is 4.13. The summed E-state index contributed by atoms with van der Waals surface area (Å²) in [5, 5.41) is 0.